The van der Waals surface area contributed by atoms with E-state index in [4.69, 9.17) is 14.2 Å². The first-order valence-electron chi connectivity index (χ1n) is 21.4. The lowest BCUT2D eigenvalue weighted by atomic mass is 10.0. The zero-order chi connectivity index (χ0) is 36.0. The Hall–Kier alpha value is -1.59. The van der Waals surface area contributed by atoms with E-state index in [1.54, 1.807) is 0 Å². The largest absolute Gasteiger partial charge is 0.462 e. The van der Waals surface area contributed by atoms with Gasteiger partial charge in [0.25, 0.3) is 0 Å². The molecule has 0 radical (unpaired) electrons. The molecule has 0 saturated heterocycles. The van der Waals surface area contributed by atoms with Gasteiger partial charge in [-0.15, -0.1) is 0 Å². The lowest BCUT2D eigenvalue weighted by molar-refractivity contribution is -0.167. The lowest BCUT2D eigenvalue weighted by Crippen LogP contribution is -2.30. The summed E-state index contributed by atoms with van der Waals surface area (Å²) in [6.07, 6.45) is 35.3. The molecule has 6 nitrogen and oxygen atoms in total. The molecular weight excluding hydrogens is 612 g/mol. The second kappa shape index (κ2) is 37.7. The Kier molecular flexibility index (Phi) is 36.4. The van der Waals surface area contributed by atoms with Crippen molar-refractivity contribution in [3.8, 4) is 0 Å². The van der Waals surface area contributed by atoms with Crippen molar-refractivity contribution in [1.82, 2.24) is 0 Å². The molecule has 0 unspecified atom stereocenters. The highest BCUT2D eigenvalue weighted by atomic mass is 16.6. The molecule has 290 valence electrons. The Bertz CT molecular complexity index is 736. The molecule has 0 heterocycles. The lowest BCUT2D eigenvalue weighted by Gasteiger charge is -2.18. The molecule has 0 rings (SSSR count). The van der Waals surface area contributed by atoms with Crippen molar-refractivity contribution >= 4 is 17.9 Å². The third-order valence-corrected chi connectivity index (χ3v) is 9.54. The second-order valence-corrected chi connectivity index (χ2v) is 15.1. The molecule has 0 aromatic rings. The smallest absolute Gasteiger partial charge is 0.306 e. The van der Waals surface area contributed by atoms with Crippen molar-refractivity contribution < 1.29 is 28.6 Å². The van der Waals surface area contributed by atoms with Gasteiger partial charge < -0.3 is 14.2 Å². The summed E-state index contributed by atoms with van der Waals surface area (Å²) in [6, 6.07) is 0. The van der Waals surface area contributed by atoms with Crippen molar-refractivity contribution in [1.29, 1.82) is 0 Å². The van der Waals surface area contributed by atoms with Crippen LogP contribution in [0, 0.1) is 5.92 Å². The highest BCUT2D eigenvalue weighted by Crippen LogP contribution is 2.15. The van der Waals surface area contributed by atoms with E-state index in [1.807, 2.05) is 0 Å². The van der Waals surface area contributed by atoms with Gasteiger partial charge in [0.05, 0.1) is 0 Å². The van der Waals surface area contributed by atoms with E-state index in [9.17, 15) is 14.4 Å². The predicted octanol–water partition coefficient (Wildman–Crippen LogP) is 13.2. The summed E-state index contributed by atoms with van der Waals surface area (Å²) in [5, 5.41) is 0. The van der Waals surface area contributed by atoms with E-state index in [0.717, 1.165) is 63.7 Å². The quantitative estimate of drug-likeness (QED) is 0.0364. The molecule has 0 spiro atoms. The fourth-order valence-electron chi connectivity index (χ4n) is 6.27. The molecule has 0 bridgehead atoms. The number of ether oxygens (including phenoxy) is 3. The highest BCUT2D eigenvalue weighted by molar-refractivity contribution is 5.71. The van der Waals surface area contributed by atoms with Crippen LogP contribution in [0.2, 0.25) is 0 Å². The number of carbonyl (C=O) groups is 3. The topological polar surface area (TPSA) is 78.9 Å². The van der Waals surface area contributed by atoms with Gasteiger partial charge in [0.15, 0.2) is 6.10 Å². The molecule has 0 saturated carbocycles. The summed E-state index contributed by atoms with van der Waals surface area (Å²) in [5.41, 5.74) is 0. The molecule has 49 heavy (non-hydrogen) atoms. The second-order valence-electron chi connectivity index (χ2n) is 15.1. The van der Waals surface area contributed by atoms with E-state index in [-0.39, 0.29) is 31.1 Å². The Balaban J connectivity index is 4.30. The number of rotatable bonds is 38. The number of esters is 3. The minimum absolute atomic E-state index is 0.0650. The van der Waals surface area contributed by atoms with E-state index >= 15 is 0 Å². The van der Waals surface area contributed by atoms with Crippen LogP contribution in [0.4, 0.5) is 0 Å². The van der Waals surface area contributed by atoms with Crippen LogP contribution in [-0.2, 0) is 28.6 Å². The molecule has 0 aliphatic carbocycles. The fraction of sp³-hybridized carbons (Fsp3) is 0.930. The van der Waals surface area contributed by atoms with Crippen LogP contribution in [0.25, 0.3) is 0 Å². The first-order valence-corrected chi connectivity index (χ1v) is 21.4. The first-order chi connectivity index (χ1) is 23.9. The van der Waals surface area contributed by atoms with Gasteiger partial charge in [0, 0.05) is 19.3 Å². The monoisotopic (exact) mass is 695 g/mol. The van der Waals surface area contributed by atoms with Crippen molar-refractivity contribution in [3.63, 3.8) is 0 Å². The molecule has 1 atom stereocenters. The van der Waals surface area contributed by atoms with Crippen LogP contribution in [0.3, 0.4) is 0 Å². The summed E-state index contributed by atoms with van der Waals surface area (Å²) in [6.45, 7) is 8.89. The van der Waals surface area contributed by atoms with Crippen LogP contribution >= 0.6 is 0 Å². The minimum atomic E-state index is -0.758. The summed E-state index contributed by atoms with van der Waals surface area (Å²) in [7, 11) is 0. The molecule has 0 aromatic carbocycles. The van der Waals surface area contributed by atoms with Crippen LogP contribution < -0.4 is 0 Å². The van der Waals surface area contributed by atoms with E-state index in [0.29, 0.717) is 19.3 Å². The highest BCUT2D eigenvalue weighted by Gasteiger charge is 2.19. The molecular formula is C43H82O6. The SMILES string of the molecule is CCCCCCCCCCCCCCCC(=O)OC[C@@H](COC(=O)CCCCCCCCC(C)C)OC(=O)CCCCCCCCCCC. The van der Waals surface area contributed by atoms with Crippen molar-refractivity contribution in [3.05, 3.63) is 0 Å². The van der Waals surface area contributed by atoms with Gasteiger partial charge in [-0.1, -0.05) is 195 Å². The summed E-state index contributed by atoms with van der Waals surface area (Å²) >= 11 is 0. The number of hydrogen-bond donors (Lipinski definition) is 0. The average molecular weight is 695 g/mol. The first kappa shape index (κ1) is 47.4. The maximum atomic E-state index is 12.6. The predicted molar refractivity (Wildman–Crippen MR) is 206 cm³/mol. The van der Waals surface area contributed by atoms with E-state index in [1.165, 1.54) is 128 Å². The molecule has 6 heteroatoms. The molecule has 0 fully saturated rings. The average Bonchev–Trinajstić information content (AvgIpc) is 3.08. The van der Waals surface area contributed by atoms with Crippen molar-refractivity contribution in [2.24, 2.45) is 5.92 Å². The Morgan fingerprint density at radius 1 is 0.388 bits per heavy atom. The minimum Gasteiger partial charge on any atom is -0.462 e. The van der Waals surface area contributed by atoms with Crippen LogP contribution in [0.5, 0.6) is 0 Å². The third-order valence-electron chi connectivity index (χ3n) is 9.54. The number of carbonyl (C=O) groups excluding carboxylic acids is 3. The van der Waals surface area contributed by atoms with Gasteiger partial charge in [-0.2, -0.15) is 0 Å². The van der Waals surface area contributed by atoms with Gasteiger partial charge in [-0.05, 0) is 25.2 Å². The summed E-state index contributed by atoms with van der Waals surface area (Å²) in [5.74, 6) is -0.102. The van der Waals surface area contributed by atoms with Crippen LogP contribution in [0.1, 0.15) is 233 Å². The third kappa shape index (κ3) is 37.5. The normalized spacial score (nSPS) is 11.9. The standard InChI is InChI=1S/C43H82O6/c1-5-7-9-11-13-15-16-17-18-20-21-26-30-34-41(44)47-37-40(49-43(46)36-32-28-22-19-14-12-10-8-6-2)38-48-42(45)35-31-27-24-23-25-29-33-39(3)4/h39-40H,5-38H2,1-4H3/t40-/m0/s1. The maximum absolute atomic E-state index is 12.6. The molecule has 0 amide bonds. The van der Waals surface area contributed by atoms with Crippen LogP contribution in [-0.4, -0.2) is 37.2 Å². The van der Waals surface area contributed by atoms with Gasteiger partial charge in [0.1, 0.15) is 13.2 Å². The van der Waals surface area contributed by atoms with Crippen molar-refractivity contribution in [2.45, 2.75) is 239 Å². The Morgan fingerprint density at radius 2 is 0.673 bits per heavy atom. The summed E-state index contributed by atoms with van der Waals surface area (Å²) < 4.78 is 16.6. The number of unbranched alkanes of at least 4 members (excludes halogenated alkanes) is 25. The fourth-order valence-corrected chi connectivity index (χ4v) is 6.27. The van der Waals surface area contributed by atoms with Gasteiger partial charge in [-0.25, -0.2) is 0 Å². The molecule has 0 aliphatic rings. The van der Waals surface area contributed by atoms with E-state index in [2.05, 4.69) is 27.7 Å². The molecule has 0 aromatic heterocycles. The Labute approximate surface area is 304 Å². The van der Waals surface area contributed by atoms with Gasteiger partial charge in [0.2, 0.25) is 0 Å². The van der Waals surface area contributed by atoms with Gasteiger partial charge in [-0.3, -0.25) is 14.4 Å². The zero-order valence-electron chi connectivity index (χ0n) is 33.1. The number of hydrogen-bond acceptors (Lipinski definition) is 6. The molecule has 0 aliphatic heterocycles. The van der Waals surface area contributed by atoms with E-state index < -0.39 is 6.10 Å². The zero-order valence-corrected chi connectivity index (χ0v) is 33.1. The summed E-state index contributed by atoms with van der Waals surface area (Å²) in [4.78, 5) is 37.5. The van der Waals surface area contributed by atoms with Crippen molar-refractivity contribution in [2.75, 3.05) is 13.2 Å². The molecule has 0 N–H and O–H groups in total. The maximum Gasteiger partial charge on any atom is 0.306 e. The van der Waals surface area contributed by atoms with Gasteiger partial charge >= 0.3 is 17.9 Å². The Morgan fingerprint density at radius 3 is 1.00 bits per heavy atom. The van der Waals surface area contributed by atoms with Crippen LogP contribution in [0.15, 0.2) is 0 Å².